The summed E-state index contributed by atoms with van der Waals surface area (Å²) in [6.07, 6.45) is 4.58. The Balaban J connectivity index is 2.48. The van der Waals surface area contributed by atoms with Crippen LogP contribution < -0.4 is 15.8 Å². The van der Waals surface area contributed by atoms with Gasteiger partial charge in [-0.15, -0.1) is 0 Å². The molecule has 118 valence electrons. The number of hydrogen-bond donors (Lipinski definition) is 2. The smallest absolute Gasteiger partial charge is 0.240 e. The third-order valence-electron chi connectivity index (χ3n) is 3.93. The minimum Gasteiger partial charge on any atom is -0.399 e. The molecule has 5 nitrogen and oxygen atoms in total. The van der Waals surface area contributed by atoms with E-state index in [0.717, 1.165) is 19.4 Å². The van der Waals surface area contributed by atoms with E-state index in [4.69, 9.17) is 10.9 Å². The van der Waals surface area contributed by atoms with Gasteiger partial charge in [-0.3, -0.25) is 0 Å². The van der Waals surface area contributed by atoms with Crippen molar-refractivity contribution in [3.8, 4) is 0 Å². The van der Waals surface area contributed by atoms with Gasteiger partial charge in [0.25, 0.3) is 0 Å². The largest absolute Gasteiger partial charge is 0.399 e. The number of nitrogens with zero attached hydrogens (tertiary/aromatic N) is 1. The number of primary sulfonamides is 1. The molecule has 0 atom stereocenters. The van der Waals surface area contributed by atoms with Crippen molar-refractivity contribution in [2.75, 3.05) is 17.2 Å². The summed E-state index contributed by atoms with van der Waals surface area (Å²) in [5.74, 6) is 0.441. The highest BCUT2D eigenvalue weighted by Crippen LogP contribution is 2.33. The van der Waals surface area contributed by atoms with Crippen LogP contribution in [-0.2, 0) is 10.0 Å². The highest BCUT2D eigenvalue weighted by molar-refractivity contribution is 7.89. The fourth-order valence-corrected chi connectivity index (χ4v) is 3.83. The summed E-state index contributed by atoms with van der Waals surface area (Å²) < 4.78 is 23.8. The molecule has 0 heterocycles. The molecule has 4 N–H and O–H groups in total. The summed E-state index contributed by atoms with van der Waals surface area (Å²) in [4.78, 5) is 2.34. The van der Waals surface area contributed by atoms with Gasteiger partial charge in [0.2, 0.25) is 10.0 Å². The molecule has 6 heteroatoms. The van der Waals surface area contributed by atoms with Gasteiger partial charge in [-0.25, -0.2) is 13.6 Å². The predicted molar refractivity (Wildman–Crippen MR) is 86.7 cm³/mol. The van der Waals surface area contributed by atoms with Crippen LogP contribution in [0.15, 0.2) is 23.1 Å². The van der Waals surface area contributed by atoms with E-state index < -0.39 is 10.0 Å². The Bertz CT molecular complexity index is 593. The fourth-order valence-electron chi connectivity index (χ4n) is 3.05. The van der Waals surface area contributed by atoms with Crippen molar-refractivity contribution in [1.82, 2.24) is 0 Å². The van der Waals surface area contributed by atoms with Crippen molar-refractivity contribution in [2.45, 2.75) is 50.5 Å². The molecule has 1 aromatic carbocycles. The van der Waals surface area contributed by atoms with E-state index in [-0.39, 0.29) is 4.90 Å². The van der Waals surface area contributed by atoms with Crippen molar-refractivity contribution < 1.29 is 8.42 Å². The number of rotatable bonds is 5. The topological polar surface area (TPSA) is 89.4 Å². The van der Waals surface area contributed by atoms with Crippen molar-refractivity contribution >= 4 is 21.4 Å². The van der Waals surface area contributed by atoms with E-state index in [1.807, 2.05) is 0 Å². The monoisotopic (exact) mass is 311 g/mol. The first-order valence-corrected chi connectivity index (χ1v) is 9.02. The van der Waals surface area contributed by atoms with Gasteiger partial charge in [0, 0.05) is 18.3 Å². The van der Waals surface area contributed by atoms with Crippen LogP contribution in [0.1, 0.15) is 39.5 Å². The quantitative estimate of drug-likeness (QED) is 0.817. The first-order chi connectivity index (χ1) is 9.79. The normalized spacial score (nSPS) is 16.6. The van der Waals surface area contributed by atoms with E-state index in [2.05, 4.69) is 18.7 Å². The maximum atomic E-state index is 11.9. The molecular weight excluding hydrogens is 286 g/mol. The Hall–Kier alpha value is -1.27. The molecule has 0 saturated heterocycles. The number of benzene rings is 1. The van der Waals surface area contributed by atoms with Crippen molar-refractivity contribution in [3.05, 3.63) is 18.2 Å². The number of sulfonamides is 1. The molecule has 0 spiro atoms. The SMILES string of the molecule is CC(C)CN(c1ccc(N)cc1S(N)(=O)=O)C1CCCC1. The van der Waals surface area contributed by atoms with Crippen molar-refractivity contribution in [3.63, 3.8) is 0 Å². The Morgan fingerprint density at radius 3 is 2.43 bits per heavy atom. The summed E-state index contributed by atoms with van der Waals surface area (Å²) in [6.45, 7) is 5.09. The van der Waals surface area contributed by atoms with Crippen LogP contribution in [0.4, 0.5) is 11.4 Å². The van der Waals surface area contributed by atoms with Crippen LogP contribution in [0, 0.1) is 5.92 Å². The Kier molecular flexibility index (Phi) is 4.78. The van der Waals surface area contributed by atoms with Crippen LogP contribution in [0.25, 0.3) is 0 Å². The number of hydrogen-bond acceptors (Lipinski definition) is 4. The molecule has 0 aromatic heterocycles. The lowest BCUT2D eigenvalue weighted by atomic mass is 10.1. The second-order valence-electron chi connectivity index (χ2n) is 6.26. The lowest BCUT2D eigenvalue weighted by molar-refractivity contribution is 0.531. The molecule has 1 fully saturated rings. The van der Waals surface area contributed by atoms with E-state index in [0.29, 0.717) is 23.3 Å². The summed E-state index contributed by atoms with van der Waals surface area (Å²) >= 11 is 0. The average molecular weight is 311 g/mol. The molecular formula is C15H25N3O2S. The molecule has 0 amide bonds. The predicted octanol–water partition coefficient (Wildman–Crippen LogP) is 2.32. The van der Waals surface area contributed by atoms with Crippen molar-refractivity contribution in [2.24, 2.45) is 11.1 Å². The molecule has 21 heavy (non-hydrogen) atoms. The van der Waals surface area contributed by atoms with Crippen LogP contribution in [-0.4, -0.2) is 21.0 Å². The van der Waals surface area contributed by atoms with Gasteiger partial charge in [-0.2, -0.15) is 0 Å². The maximum Gasteiger partial charge on any atom is 0.240 e. The second kappa shape index (κ2) is 6.23. The third kappa shape index (κ3) is 3.89. The molecule has 0 bridgehead atoms. The number of nitrogens with two attached hydrogens (primary N) is 2. The molecule has 1 aliphatic rings. The Morgan fingerprint density at radius 1 is 1.29 bits per heavy atom. The molecule has 1 saturated carbocycles. The molecule has 0 radical (unpaired) electrons. The van der Waals surface area contributed by atoms with E-state index in [1.54, 1.807) is 12.1 Å². The minimum absolute atomic E-state index is 0.134. The van der Waals surface area contributed by atoms with Gasteiger partial charge >= 0.3 is 0 Å². The van der Waals surface area contributed by atoms with Gasteiger partial charge in [0.15, 0.2) is 0 Å². The third-order valence-corrected chi connectivity index (χ3v) is 4.87. The number of nitrogen functional groups attached to an aromatic ring is 1. The zero-order valence-electron chi connectivity index (χ0n) is 12.7. The average Bonchev–Trinajstić information content (AvgIpc) is 2.88. The van der Waals surface area contributed by atoms with Crippen LogP contribution in [0.3, 0.4) is 0 Å². The molecule has 1 aromatic rings. The number of anilines is 2. The van der Waals surface area contributed by atoms with E-state index in [9.17, 15) is 8.42 Å². The summed E-state index contributed by atoms with van der Waals surface area (Å²) in [7, 11) is -3.79. The Labute approximate surface area is 127 Å². The van der Waals surface area contributed by atoms with E-state index in [1.165, 1.54) is 18.9 Å². The Morgan fingerprint density at radius 2 is 1.90 bits per heavy atom. The fraction of sp³-hybridized carbons (Fsp3) is 0.600. The van der Waals surface area contributed by atoms with Crippen LogP contribution in [0.5, 0.6) is 0 Å². The minimum atomic E-state index is -3.79. The first-order valence-electron chi connectivity index (χ1n) is 7.48. The summed E-state index contributed by atoms with van der Waals surface area (Å²) in [5, 5.41) is 5.38. The molecule has 2 rings (SSSR count). The molecule has 0 unspecified atom stereocenters. The molecule has 0 aliphatic heterocycles. The lowest BCUT2D eigenvalue weighted by Crippen LogP contribution is -2.37. The van der Waals surface area contributed by atoms with Crippen molar-refractivity contribution in [1.29, 1.82) is 0 Å². The highest BCUT2D eigenvalue weighted by atomic mass is 32.2. The lowest BCUT2D eigenvalue weighted by Gasteiger charge is -2.34. The maximum absolute atomic E-state index is 11.9. The van der Waals surface area contributed by atoms with E-state index >= 15 is 0 Å². The zero-order chi connectivity index (χ0) is 15.6. The molecule has 1 aliphatic carbocycles. The van der Waals surface area contributed by atoms with Gasteiger partial charge in [-0.05, 0) is 37.0 Å². The van der Waals surface area contributed by atoms with Crippen LogP contribution in [0.2, 0.25) is 0 Å². The van der Waals surface area contributed by atoms with Gasteiger partial charge in [0.1, 0.15) is 4.90 Å². The standard InChI is InChI=1S/C15H25N3O2S/c1-11(2)10-18(13-5-3-4-6-13)14-8-7-12(16)9-15(14)21(17,19)20/h7-9,11,13H,3-6,10,16H2,1-2H3,(H2,17,19,20). The first kappa shape index (κ1) is 16.1. The zero-order valence-corrected chi connectivity index (χ0v) is 13.6. The highest BCUT2D eigenvalue weighted by Gasteiger charge is 2.27. The second-order valence-corrected chi connectivity index (χ2v) is 7.79. The van der Waals surface area contributed by atoms with Gasteiger partial charge < -0.3 is 10.6 Å². The van der Waals surface area contributed by atoms with Crippen LogP contribution >= 0.6 is 0 Å². The van der Waals surface area contributed by atoms with Gasteiger partial charge in [-0.1, -0.05) is 26.7 Å². The summed E-state index contributed by atoms with van der Waals surface area (Å²) in [5.41, 5.74) is 6.84. The van der Waals surface area contributed by atoms with Gasteiger partial charge in [0.05, 0.1) is 5.69 Å². The summed E-state index contributed by atoms with van der Waals surface area (Å²) in [6, 6.07) is 5.38.